The molecule has 1 aromatic heterocycles. The van der Waals surface area contributed by atoms with Crippen LogP contribution in [-0.4, -0.2) is 9.78 Å². The molecule has 3 nitrogen and oxygen atoms in total. The maximum Gasteiger partial charge on any atom is 0.0693 e. The Morgan fingerprint density at radius 2 is 1.71 bits per heavy atom. The maximum absolute atomic E-state index is 4.37. The Labute approximate surface area is 144 Å². The van der Waals surface area contributed by atoms with Gasteiger partial charge < -0.3 is 5.32 Å². The van der Waals surface area contributed by atoms with Crippen molar-refractivity contribution in [3.63, 3.8) is 0 Å². The Kier molecular flexibility index (Phi) is 5.11. The summed E-state index contributed by atoms with van der Waals surface area (Å²) >= 11 is 0. The van der Waals surface area contributed by atoms with Gasteiger partial charge in [-0.3, -0.25) is 0 Å². The monoisotopic (exact) mass is 319 g/mol. The minimum Gasteiger partial charge on any atom is -0.304 e. The molecule has 0 fully saturated rings. The van der Waals surface area contributed by atoms with E-state index in [1.807, 2.05) is 23.1 Å². The average Bonchev–Trinajstić information content (AvgIpc) is 3.16. The summed E-state index contributed by atoms with van der Waals surface area (Å²) in [6.07, 6.45) is 4.88. The number of para-hydroxylation sites is 1. The second-order valence-electron chi connectivity index (χ2n) is 6.21. The van der Waals surface area contributed by atoms with Gasteiger partial charge in [0.15, 0.2) is 0 Å². The van der Waals surface area contributed by atoms with Crippen molar-refractivity contribution < 1.29 is 0 Å². The van der Waals surface area contributed by atoms with Gasteiger partial charge in [-0.05, 0) is 49.1 Å². The zero-order valence-electron chi connectivity index (χ0n) is 14.6. The number of rotatable bonds is 6. The zero-order chi connectivity index (χ0) is 16.9. The first-order valence-corrected chi connectivity index (χ1v) is 8.63. The van der Waals surface area contributed by atoms with Crippen LogP contribution >= 0.6 is 0 Å². The van der Waals surface area contributed by atoms with E-state index in [1.54, 1.807) is 0 Å². The fourth-order valence-corrected chi connectivity index (χ4v) is 3.08. The Morgan fingerprint density at radius 3 is 2.38 bits per heavy atom. The lowest BCUT2D eigenvalue weighted by atomic mass is 10.0. The molecule has 1 heterocycles. The minimum absolute atomic E-state index is 0.228. The Hall–Kier alpha value is -2.39. The van der Waals surface area contributed by atoms with Crippen LogP contribution < -0.4 is 5.32 Å². The van der Waals surface area contributed by atoms with Crippen molar-refractivity contribution in [2.45, 2.75) is 39.3 Å². The Bertz CT molecular complexity index is 760. The molecule has 2 atom stereocenters. The highest BCUT2D eigenvalue weighted by atomic mass is 15.3. The van der Waals surface area contributed by atoms with Gasteiger partial charge in [0.1, 0.15) is 0 Å². The van der Waals surface area contributed by atoms with Crippen molar-refractivity contribution >= 4 is 0 Å². The Morgan fingerprint density at radius 1 is 0.958 bits per heavy atom. The zero-order valence-corrected chi connectivity index (χ0v) is 14.6. The van der Waals surface area contributed by atoms with E-state index < -0.39 is 0 Å². The van der Waals surface area contributed by atoms with Crippen LogP contribution in [0, 0.1) is 0 Å². The van der Waals surface area contributed by atoms with E-state index in [4.69, 9.17) is 0 Å². The van der Waals surface area contributed by atoms with Gasteiger partial charge in [-0.2, -0.15) is 5.10 Å². The number of hydrogen-bond acceptors (Lipinski definition) is 2. The fraction of sp³-hybridized carbons (Fsp3) is 0.286. The molecule has 0 aliphatic heterocycles. The highest BCUT2D eigenvalue weighted by molar-refractivity contribution is 5.42. The molecule has 0 aliphatic carbocycles. The van der Waals surface area contributed by atoms with Gasteiger partial charge in [-0.25, -0.2) is 4.68 Å². The molecule has 3 aromatic rings. The molecular formula is C21H25N3. The SMILES string of the molecule is CCc1ccc([C@@H](C)N[C@@H](C)c2ccccc2-n2cccn2)cc1. The van der Waals surface area contributed by atoms with Gasteiger partial charge in [0, 0.05) is 24.5 Å². The molecule has 3 heteroatoms. The molecule has 0 amide bonds. The third-order valence-electron chi connectivity index (χ3n) is 4.54. The molecule has 0 radical (unpaired) electrons. The van der Waals surface area contributed by atoms with E-state index in [9.17, 15) is 0 Å². The third kappa shape index (κ3) is 3.57. The summed E-state index contributed by atoms with van der Waals surface area (Å²) in [6, 6.07) is 19.8. The average molecular weight is 319 g/mol. The number of aromatic nitrogens is 2. The second kappa shape index (κ2) is 7.45. The van der Waals surface area contributed by atoms with Gasteiger partial charge in [0.05, 0.1) is 5.69 Å². The van der Waals surface area contributed by atoms with Crippen molar-refractivity contribution in [2.24, 2.45) is 0 Å². The first-order valence-electron chi connectivity index (χ1n) is 8.63. The minimum atomic E-state index is 0.228. The summed E-state index contributed by atoms with van der Waals surface area (Å²) in [5.74, 6) is 0. The molecule has 0 aliphatic rings. The van der Waals surface area contributed by atoms with E-state index in [2.05, 4.69) is 79.7 Å². The van der Waals surface area contributed by atoms with Crippen LogP contribution in [0.2, 0.25) is 0 Å². The first-order chi connectivity index (χ1) is 11.7. The van der Waals surface area contributed by atoms with Gasteiger partial charge in [-0.15, -0.1) is 0 Å². The highest BCUT2D eigenvalue weighted by Gasteiger charge is 2.15. The summed E-state index contributed by atoms with van der Waals surface area (Å²) in [5, 5.41) is 8.09. The lowest BCUT2D eigenvalue weighted by molar-refractivity contribution is 0.493. The molecule has 124 valence electrons. The standard InChI is InChI=1S/C21H25N3/c1-4-18-10-12-19(13-11-18)16(2)23-17(3)20-8-5-6-9-21(20)24-15-7-14-22-24/h5-17,23H,4H2,1-3H3/t16-,17+/m1/s1. The summed E-state index contributed by atoms with van der Waals surface area (Å²) in [6.45, 7) is 6.61. The van der Waals surface area contributed by atoms with Crippen LogP contribution in [0.25, 0.3) is 5.69 Å². The second-order valence-corrected chi connectivity index (χ2v) is 6.21. The smallest absolute Gasteiger partial charge is 0.0693 e. The third-order valence-corrected chi connectivity index (χ3v) is 4.54. The van der Waals surface area contributed by atoms with Crippen LogP contribution in [0.15, 0.2) is 67.0 Å². The number of benzene rings is 2. The molecule has 0 saturated heterocycles. The number of nitrogens with zero attached hydrogens (tertiary/aromatic N) is 2. The van der Waals surface area contributed by atoms with E-state index >= 15 is 0 Å². The van der Waals surface area contributed by atoms with Crippen LogP contribution in [0.4, 0.5) is 0 Å². The molecule has 0 unspecified atom stereocenters. The number of aryl methyl sites for hydroxylation is 1. The van der Waals surface area contributed by atoms with Crippen LogP contribution in [0.5, 0.6) is 0 Å². The first kappa shape index (κ1) is 16.5. The number of hydrogen-bond donors (Lipinski definition) is 1. The lowest BCUT2D eigenvalue weighted by Gasteiger charge is -2.23. The number of nitrogens with one attached hydrogen (secondary N) is 1. The summed E-state index contributed by atoms with van der Waals surface area (Å²) in [5.41, 5.74) is 5.06. The van der Waals surface area contributed by atoms with E-state index in [0.29, 0.717) is 0 Å². The van der Waals surface area contributed by atoms with Crippen molar-refractivity contribution in [2.75, 3.05) is 0 Å². The highest BCUT2D eigenvalue weighted by Crippen LogP contribution is 2.24. The summed E-state index contributed by atoms with van der Waals surface area (Å²) in [7, 11) is 0. The maximum atomic E-state index is 4.37. The molecule has 24 heavy (non-hydrogen) atoms. The van der Waals surface area contributed by atoms with Gasteiger partial charge >= 0.3 is 0 Å². The van der Waals surface area contributed by atoms with Crippen LogP contribution in [0.3, 0.4) is 0 Å². The Balaban J connectivity index is 1.78. The summed E-state index contributed by atoms with van der Waals surface area (Å²) < 4.78 is 1.92. The fourth-order valence-electron chi connectivity index (χ4n) is 3.08. The van der Waals surface area contributed by atoms with E-state index in [-0.39, 0.29) is 12.1 Å². The van der Waals surface area contributed by atoms with Gasteiger partial charge in [0.25, 0.3) is 0 Å². The quantitative estimate of drug-likeness (QED) is 0.704. The van der Waals surface area contributed by atoms with Crippen molar-refractivity contribution in [3.05, 3.63) is 83.7 Å². The molecule has 0 saturated carbocycles. The van der Waals surface area contributed by atoms with Crippen molar-refractivity contribution in [1.29, 1.82) is 0 Å². The van der Waals surface area contributed by atoms with Gasteiger partial charge in [-0.1, -0.05) is 49.4 Å². The van der Waals surface area contributed by atoms with Crippen molar-refractivity contribution in [3.8, 4) is 5.69 Å². The molecule has 3 rings (SSSR count). The van der Waals surface area contributed by atoms with E-state index in [1.165, 1.54) is 16.7 Å². The van der Waals surface area contributed by atoms with E-state index in [0.717, 1.165) is 12.1 Å². The van der Waals surface area contributed by atoms with Gasteiger partial charge in [0.2, 0.25) is 0 Å². The van der Waals surface area contributed by atoms with Crippen LogP contribution in [-0.2, 0) is 6.42 Å². The predicted molar refractivity (Wildman–Crippen MR) is 99.3 cm³/mol. The lowest BCUT2D eigenvalue weighted by Crippen LogP contribution is -2.23. The predicted octanol–water partition coefficient (Wildman–Crippen LogP) is 4.85. The molecule has 2 aromatic carbocycles. The molecule has 0 spiro atoms. The normalized spacial score (nSPS) is 13.6. The molecule has 1 N–H and O–H groups in total. The topological polar surface area (TPSA) is 29.9 Å². The molecule has 0 bridgehead atoms. The molecular weight excluding hydrogens is 294 g/mol. The van der Waals surface area contributed by atoms with Crippen molar-refractivity contribution in [1.82, 2.24) is 15.1 Å². The van der Waals surface area contributed by atoms with Crippen LogP contribution in [0.1, 0.15) is 49.5 Å². The summed E-state index contributed by atoms with van der Waals surface area (Å²) in [4.78, 5) is 0. The largest absolute Gasteiger partial charge is 0.304 e.